The van der Waals surface area contributed by atoms with Gasteiger partial charge in [-0.3, -0.25) is 9.59 Å². The highest BCUT2D eigenvalue weighted by atomic mass is 32.2. The van der Waals surface area contributed by atoms with E-state index in [4.69, 9.17) is 0 Å². The number of hydrogen-bond donors (Lipinski definition) is 1. The number of thioether (sulfide) groups is 1. The molecule has 114 valence electrons. The number of hydrogen-bond acceptors (Lipinski definition) is 5. The molecule has 0 spiro atoms. The number of carbonyl (C=O) groups is 2. The zero-order chi connectivity index (χ0) is 16.1. The normalized spacial score (nSPS) is 10.3. The quantitative estimate of drug-likeness (QED) is 0.521. The number of nitrogens with zero attached hydrogens (tertiary/aromatic N) is 2. The number of carbonyl (C=O) groups excluding carboxylic acids is 2. The average molecular weight is 315 g/mol. The molecule has 0 saturated heterocycles. The minimum Gasteiger partial charge on any atom is -0.325 e. The van der Waals surface area contributed by atoms with E-state index in [-0.39, 0.29) is 17.4 Å². The van der Waals surface area contributed by atoms with Crippen molar-refractivity contribution in [2.45, 2.75) is 25.9 Å². The fraction of sp³-hybridized carbons (Fsp3) is 0.250. The van der Waals surface area contributed by atoms with Crippen molar-refractivity contribution < 1.29 is 9.59 Å². The summed E-state index contributed by atoms with van der Waals surface area (Å²) in [5, 5.41) is 3.38. The lowest BCUT2D eigenvalue weighted by atomic mass is 10.1. The van der Waals surface area contributed by atoms with Crippen LogP contribution in [0.25, 0.3) is 0 Å². The van der Waals surface area contributed by atoms with Crippen molar-refractivity contribution >= 4 is 29.1 Å². The zero-order valence-electron chi connectivity index (χ0n) is 12.7. The Bertz CT molecular complexity index is 679. The van der Waals surface area contributed by atoms with Gasteiger partial charge in [-0.15, -0.1) is 0 Å². The van der Waals surface area contributed by atoms with Crippen LogP contribution in [-0.2, 0) is 4.79 Å². The molecular formula is C16H17N3O2S. The molecule has 22 heavy (non-hydrogen) atoms. The lowest BCUT2D eigenvalue weighted by molar-refractivity contribution is -0.113. The van der Waals surface area contributed by atoms with Gasteiger partial charge in [-0.1, -0.05) is 11.8 Å². The Kier molecular flexibility index (Phi) is 5.27. The molecule has 0 aliphatic rings. The maximum atomic E-state index is 11.9. The van der Waals surface area contributed by atoms with Gasteiger partial charge in [0.05, 0.1) is 5.75 Å². The van der Waals surface area contributed by atoms with Crippen LogP contribution in [-0.4, -0.2) is 27.4 Å². The molecule has 0 fully saturated rings. The topological polar surface area (TPSA) is 72.0 Å². The van der Waals surface area contributed by atoms with Crippen LogP contribution < -0.4 is 5.32 Å². The molecule has 1 aromatic heterocycles. The number of aryl methyl sites for hydroxylation is 2. The third-order valence-electron chi connectivity index (χ3n) is 2.87. The molecule has 0 unspecified atom stereocenters. The van der Waals surface area contributed by atoms with Crippen LogP contribution in [0.2, 0.25) is 0 Å². The van der Waals surface area contributed by atoms with Gasteiger partial charge in [0.15, 0.2) is 10.9 Å². The summed E-state index contributed by atoms with van der Waals surface area (Å²) in [5.74, 6) is 0.0981. The Morgan fingerprint density at radius 3 is 2.23 bits per heavy atom. The Morgan fingerprint density at radius 2 is 1.68 bits per heavy atom. The smallest absolute Gasteiger partial charge is 0.234 e. The Hall–Kier alpha value is -2.21. The lowest BCUT2D eigenvalue weighted by Crippen LogP contribution is -2.14. The molecule has 5 nitrogen and oxygen atoms in total. The standard InChI is InChI=1S/C16H17N3O2S/c1-10-8-11(2)18-16(17-10)22-9-15(21)19-14-6-4-13(5-7-14)12(3)20/h4-8H,9H2,1-3H3,(H,19,21). The summed E-state index contributed by atoms with van der Waals surface area (Å²) in [7, 11) is 0. The van der Waals surface area contributed by atoms with E-state index in [9.17, 15) is 9.59 Å². The van der Waals surface area contributed by atoms with E-state index in [0.29, 0.717) is 16.4 Å². The minimum atomic E-state index is -0.136. The van der Waals surface area contributed by atoms with E-state index in [1.54, 1.807) is 24.3 Å². The van der Waals surface area contributed by atoms with E-state index < -0.39 is 0 Å². The van der Waals surface area contributed by atoms with Gasteiger partial charge >= 0.3 is 0 Å². The van der Waals surface area contributed by atoms with E-state index in [0.717, 1.165) is 11.4 Å². The first-order valence-corrected chi connectivity index (χ1v) is 7.78. The maximum Gasteiger partial charge on any atom is 0.234 e. The summed E-state index contributed by atoms with van der Waals surface area (Å²) in [6.45, 7) is 5.30. The van der Waals surface area contributed by atoms with Gasteiger partial charge < -0.3 is 5.32 Å². The number of nitrogens with one attached hydrogen (secondary N) is 1. The zero-order valence-corrected chi connectivity index (χ0v) is 13.5. The van der Waals surface area contributed by atoms with Gasteiger partial charge in [-0.05, 0) is 51.1 Å². The van der Waals surface area contributed by atoms with Gasteiger partial charge in [-0.2, -0.15) is 0 Å². The summed E-state index contributed by atoms with van der Waals surface area (Å²) in [5.41, 5.74) is 3.05. The molecule has 1 aromatic carbocycles. The molecule has 1 N–H and O–H groups in total. The Labute approximate surface area is 133 Å². The first-order chi connectivity index (χ1) is 10.4. The molecule has 6 heteroatoms. The highest BCUT2D eigenvalue weighted by Crippen LogP contribution is 2.15. The third-order valence-corrected chi connectivity index (χ3v) is 3.72. The highest BCUT2D eigenvalue weighted by Gasteiger charge is 2.07. The second-order valence-corrected chi connectivity index (χ2v) is 5.85. The third kappa shape index (κ3) is 4.66. The summed E-state index contributed by atoms with van der Waals surface area (Å²) < 4.78 is 0. The number of rotatable bonds is 5. The largest absolute Gasteiger partial charge is 0.325 e. The SMILES string of the molecule is CC(=O)c1ccc(NC(=O)CSc2nc(C)cc(C)n2)cc1. The molecule has 0 atom stereocenters. The molecule has 0 radical (unpaired) electrons. The van der Waals surface area contributed by atoms with Gasteiger partial charge in [-0.25, -0.2) is 9.97 Å². The molecule has 0 aliphatic heterocycles. The Morgan fingerprint density at radius 1 is 1.09 bits per heavy atom. The van der Waals surface area contributed by atoms with Crippen molar-refractivity contribution in [3.05, 3.63) is 47.3 Å². The van der Waals surface area contributed by atoms with Crippen molar-refractivity contribution in [2.24, 2.45) is 0 Å². The number of ketones is 1. The Balaban J connectivity index is 1.91. The van der Waals surface area contributed by atoms with Crippen LogP contribution in [0.4, 0.5) is 5.69 Å². The van der Waals surface area contributed by atoms with Crippen LogP contribution >= 0.6 is 11.8 Å². The summed E-state index contributed by atoms with van der Waals surface area (Å²) in [6.07, 6.45) is 0. The van der Waals surface area contributed by atoms with Crippen LogP contribution in [0, 0.1) is 13.8 Å². The van der Waals surface area contributed by atoms with Gasteiger partial charge in [0, 0.05) is 22.6 Å². The summed E-state index contributed by atoms with van der Waals surface area (Å²) >= 11 is 1.30. The molecule has 0 aliphatic carbocycles. The van der Waals surface area contributed by atoms with Crippen molar-refractivity contribution in [2.75, 3.05) is 11.1 Å². The second kappa shape index (κ2) is 7.17. The minimum absolute atomic E-state index is 0.000369. The molecule has 1 heterocycles. The molecule has 2 rings (SSSR count). The number of amides is 1. The van der Waals surface area contributed by atoms with E-state index in [2.05, 4.69) is 15.3 Å². The second-order valence-electron chi connectivity index (χ2n) is 4.90. The molecule has 1 amide bonds. The van der Waals surface area contributed by atoms with E-state index in [1.165, 1.54) is 18.7 Å². The summed E-state index contributed by atoms with van der Waals surface area (Å²) in [4.78, 5) is 31.7. The predicted molar refractivity (Wildman–Crippen MR) is 87.3 cm³/mol. The van der Waals surface area contributed by atoms with Crippen LogP contribution in [0.3, 0.4) is 0 Å². The summed E-state index contributed by atoms with van der Waals surface area (Å²) in [6, 6.07) is 8.70. The average Bonchev–Trinajstić information content (AvgIpc) is 2.45. The number of anilines is 1. The molecule has 2 aromatic rings. The monoisotopic (exact) mass is 315 g/mol. The van der Waals surface area contributed by atoms with Gasteiger partial charge in [0.2, 0.25) is 5.91 Å². The van der Waals surface area contributed by atoms with Gasteiger partial charge in [0.1, 0.15) is 0 Å². The molecule has 0 saturated carbocycles. The van der Waals surface area contributed by atoms with Crippen LogP contribution in [0.1, 0.15) is 28.7 Å². The van der Waals surface area contributed by atoms with Crippen molar-refractivity contribution in [1.82, 2.24) is 9.97 Å². The molecule has 0 bridgehead atoms. The lowest BCUT2D eigenvalue weighted by Gasteiger charge is -2.06. The maximum absolute atomic E-state index is 11.9. The van der Waals surface area contributed by atoms with Crippen LogP contribution in [0.15, 0.2) is 35.5 Å². The highest BCUT2D eigenvalue weighted by molar-refractivity contribution is 7.99. The van der Waals surface area contributed by atoms with Crippen molar-refractivity contribution in [1.29, 1.82) is 0 Å². The fourth-order valence-corrected chi connectivity index (χ4v) is 2.62. The van der Waals surface area contributed by atoms with Crippen molar-refractivity contribution in [3.8, 4) is 0 Å². The first kappa shape index (κ1) is 16.2. The van der Waals surface area contributed by atoms with Gasteiger partial charge in [0.25, 0.3) is 0 Å². The number of Topliss-reactive ketones (excluding diaryl/α,β-unsaturated/α-hetero) is 1. The van der Waals surface area contributed by atoms with E-state index in [1.807, 2.05) is 19.9 Å². The first-order valence-electron chi connectivity index (χ1n) is 6.80. The predicted octanol–water partition coefficient (Wildman–Crippen LogP) is 3.03. The van der Waals surface area contributed by atoms with Crippen molar-refractivity contribution in [3.63, 3.8) is 0 Å². The van der Waals surface area contributed by atoms with Crippen LogP contribution in [0.5, 0.6) is 0 Å². The number of benzene rings is 1. The molecular weight excluding hydrogens is 298 g/mol. The fourth-order valence-electron chi connectivity index (χ4n) is 1.87. The number of aromatic nitrogens is 2. The van der Waals surface area contributed by atoms with E-state index >= 15 is 0 Å².